The summed E-state index contributed by atoms with van der Waals surface area (Å²) < 4.78 is 39.5. The molecule has 2 N–H and O–H groups in total. The fourth-order valence-electron chi connectivity index (χ4n) is 1.65. The zero-order valence-corrected chi connectivity index (χ0v) is 10.6. The molecule has 0 radical (unpaired) electrons. The number of nitrogen functional groups attached to an aromatic ring is 1. The van der Waals surface area contributed by atoms with Gasteiger partial charge < -0.3 is 10.3 Å². The van der Waals surface area contributed by atoms with Crippen molar-refractivity contribution in [3.05, 3.63) is 12.2 Å². The zero-order valence-electron chi connectivity index (χ0n) is 10.6. The number of alkyl halides is 3. The highest BCUT2D eigenvalue weighted by Gasteiger charge is 2.36. The Hall–Kier alpha value is -1.86. The summed E-state index contributed by atoms with van der Waals surface area (Å²) >= 11 is 0. The predicted molar refractivity (Wildman–Crippen MR) is 64.2 cm³/mol. The number of hydrogen-bond donors (Lipinski definition) is 1. The molecule has 0 bridgehead atoms. The van der Waals surface area contributed by atoms with Gasteiger partial charge in [-0.2, -0.15) is 13.2 Å². The summed E-state index contributed by atoms with van der Waals surface area (Å²) in [5, 5.41) is 0. The Labute approximate surface area is 107 Å². The van der Waals surface area contributed by atoms with Crippen LogP contribution in [0, 0.1) is 5.92 Å². The van der Waals surface area contributed by atoms with Gasteiger partial charge in [-0.3, -0.25) is 0 Å². The van der Waals surface area contributed by atoms with E-state index in [0.29, 0.717) is 12.5 Å². The van der Waals surface area contributed by atoms with E-state index in [2.05, 4.69) is 15.0 Å². The molecule has 2 rings (SSSR count). The summed E-state index contributed by atoms with van der Waals surface area (Å²) in [6.07, 6.45) is -2.36. The third kappa shape index (κ3) is 2.77. The third-order valence-corrected chi connectivity index (χ3v) is 2.69. The first-order valence-electron chi connectivity index (χ1n) is 5.84. The van der Waals surface area contributed by atoms with Crippen LogP contribution in [0.3, 0.4) is 0 Å². The van der Waals surface area contributed by atoms with Crippen molar-refractivity contribution in [2.75, 3.05) is 5.73 Å². The highest BCUT2D eigenvalue weighted by atomic mass is 19.4. The van der Waals surface area contributed by atoms with E-state index in [9.17, 15) is 13.2 Å². The van der Waals surface area contributed by atoms with Gasteiger partial charge in [0.15, 0.2) is 11.5 Å². The first kappa shape index (κ1) is 13.6. The van der Waals surface area contributed by atoms with Crippen LogP contribution in [-0.4, -0.2) is 19.5 Å². The second kappa shape index (κ2) is 4.67. The molecule has 0 amide bonds. The van der Waals surface area contributed by atoms with Crippen molar-refractivity contribution in [3.8, 4) is 0 Å². The van der Waals surface area contributed by atoms with E-state index in [1.54, 1.807) is 4.57 Å². The lowest BCUT2D eigenvalue weighted by Gasteiger charge is -2.08. The Morgan fingerprint density at radius 3 is 2.58 bits per heavy atom. The maximum atomic E-state index is 12.6. The number of nitrogens with two attached hydrogens (primary N) is 1. The molecule has 0 aliphatic carbocycles. The lowest BCUT2D eigenvalue weighted by molar-refractivity contribution is -0.144. The number of nitrogens with zero attached hydrogens (tertiary/aromatic N) is 4. The van der Waals surface area contributed by atoms with Crippen LogP contribution in [0.1, 0.15) is 26.1 Å². The molecular formula is C11H14F3N5. The number of fused-ring (bicyclic) bond motifs is 1. The number of aromatic nitrogens is 4. The molecule has 2 aromatic rings. The van der Waals surface area contributed by atoms with E-state index in [4.69, 9.17) is 5.73 Å². The maximum Gasteiger partial charge on any atom is 0.451 e. The average molecular weight is 273 g/mol. The summed E-state index contributed by atoms with van der Waals surface area (Å²) in [5.74, 6) is -1.05. The van der Waals surface area contributed by atoms with Gasteiger partial charge in [-0.1, -0.05) is 13.8 Å². The summed E-state index contributed by atoms with van der Waals surface area (Å²) in [7, 11) is 0. The van der Waals surface area contributed by atoms with Crippen LogP contribution in [0.2, 0.25) is 0 Å². The molecule has 0 unspecified atom stereocenters. The van der Waals surface area contributed by atoms with Crippen LogP contribution in [-0.2, 0) is 12.7 Å². The van der Waals surface area contributed by atoms with Crippen LogP contribution in [0.15, 0.2) is 6.33 Å². The Morgan fingerprint density at radius 1 is 1.32 bits per heavy atom. The monoisotopic (exact) mass is 273 g/mol. The summed E-state index contributed by atoms with van der Waals surface area (Å²) in [5.41, 5.74) is 5.83. The smallest absolute Gasteiger partial charge is 0.382 e. The number of aryl methyl sites for hydroxylation is 1. The van der Waals surface area contributed by atoms with Gasteiger partial charge in [-0.15, -0.1) is 0 Å². The minimum atomic E-state index is -4.62. The number of imidazole rings is 1. The van der Waals surface area contributed by atoms with Gasteiger partial charge in [-0.05, 0) is 12.3 Å². The Kier molecular flexibility index (Phi) is 3.34. The molecule has 0 saturated carbocycles. The van der Waals surface area contributed by atoms with Crippen molar-refractivity contribution in [2.24, 2.45) is 5.92 Å². The standard InChI is InChI=1S/C11H14F3N5/c1-6(2)3-4-19-5-16-7-8(15)17-10(11(12,13)14)18-9(7)19/h5-6H,3-4H2,1-2H3,(H2,15,17,18). The van der Waals surface area contributed by atoms with Crippen LogP contribution in [0.4, 0.5) is 19.0 Å². The number of hydrogen-bond acceptors (Lipinski definition) is 4. The second-order valence-electron chi connectivity index (χ2n) is 4.72. The molecule has 19 heavy (non-hydrogen) atoms. The van der Waals surface area contributed by atoms with E-state index in [-0.39, 0.29) is 17.0 Å². The minimum Gasteiger partial charge on any atom is -0.382 e. The lowest BCUT2D eigenvalue weighted by atomic mass is 10.1. The van der Waals surface area contributed by atoms with Gasteiger partial charge in [0.1, 0.15) is 5.52 Å². The Bertz CT molecular complexity index is 588. The molecule has 0 saturated heterocycles. The van der Waals surface area contributed by atoms with Gasteiger partial charge in [-0.25, -0.2) is 15.0 Å². The van der Waals surface area contributed by atoms with E-state index >= 15 is 0 Å². The van der Waals surface area contributed by atoms with E-state index in [1.807, 2.05) is 13.8 Å². The van der Waals surface area contributed by atoms with Crippen molar-refractivity contribution >= 4 is 17.0 Å². The molecule has 0 aliphatic rings. The van der Waals surface area contributed by atoms with Crippen molar-refractivity contribution in [1.29, 1.82) is 0 Å². The van der Waals surface area contributed by atoms with Gasteiger partial charge in [0.2, 0.25) is 5.82 Å². The molecule has 0 atom stereocenters. The largest absolute Gasteiger partial charge is 0.451 e. The molecule has 0 aromatic carbocycles. The highest BCUT2D eigenvalue weighted by Crippen LogP contribution is 2.29. The quantitative estimate of drug-likeness (QED) is 0.932. The first-order valence-corrected chi connectivity index (χ1v) is 5.84. The molecule has 5 nitrogen and oxygen atoms in total. The summed E-state index contributed by atoms with van der Waals surface area (Å²) in [4.78, 5) is 10.7. The van der Waals surface area contributed by atoms with E-state index in [1.165, 1.54) is 6.33 Å². The predicted octanol–water partition coefficient (Wildman–Crippen LogP) is 2.47. The number of halogens is 3. The molecule has 0 aliphatic heterocycles. The van der Waals surface area contributed by atoms with Gasteiger partial charge >= 0.3 is 6.18 Å². The molecule has 8 heteroatoms. The fourth-order valence-corrected chi connectivity index (χ4v) is 1.65. The Balaban J connectivity index is 2.48. The molecule has 0 spiro atoms. The number of anilines is 1. The number of rotatable bonds is 3. The van der Waals surface area contributed by atoms with Gasteiger partial charge in [0.25, 0.3) is 0 Å². The third-order valence-electron chi connectivity index (χ3n) is 2.69. The average Bonchev–Trinajstić information content (AvgIpc) is 2.68. The van der Waals surface area contributed by atoms with Crippen molar-refractivity contribution < 1.29 is 13.2 Å². The zero-order chi connectivity index (χ0) is 14.2. The molecule has 2 aromatic heterocycles. The lowest BCUT2D eigenvalue weighted by Crippen LogP contribution is -2.13. The van der Waals surface area contributed by atoms with Gasteiger partial charge in [0.05, 0.1) is 6.33 Å². The molecule has 104 valence electrons. The summed E-state index contributed by atoms with van der Waals surface area (Å²) in [6.45, 7) is 4.61. The SMILES string of the molecule is CC(C)CCn1cnc2c(N)nc(C(F)(F)F)nc21. The first-order chi connectivity index (χ1) is 8.79. The van der Waals surface area contributed by atoms with Crippen LogP contribution in [0.5, 0.6) is 0 Å². The Morgan fingerprint density at radius 2 is 2.00 bits per heavy atom. The second-order valence-corrected chi connectivity index (χ2v) is 4.72. The van der Waals surface area contributed by atoms with Crippen molar-refractivity contribution in [3.63, 3.8) is 0 Å². The van der Waals surface area contributed by atoms with E-state index < -0.39 is 12.0 Å². The minimum absolute atomic E-state index is 0.125. The van der Waals surface area contributed by atoms with Crippen molar-refractivity contribution in [2.45, 2.75) is 33.0 Å². The maximum absolute atomic E-state index is 12.6. The van der Waals surface area contributed by atoms with E-state index in [0.717, 1.165) is 6.42 Å². The molecule has 0 fully saturated rings. The van der Waals surface area contributed by atoms with Gasteiger partial charge in [0, 0.05) is 6.54 Å². The topological polar surface area (TPSA) is 69.6 Å². The highest BCUT2D eigenvalue weighted by molar-refractivity contribution is 5.81. The summed E-state index contributed by atoms with van der Waals surface area (Å²) in [6, 6.07) is 0. The van der Waals surface area contributed by atoms with Crippen molar-refractivity contribution in [1.82, 2.24) is 19.5 Å². The molecule has 2 heterocycles. The van der Waals surface area contributed by atoms with Crippen LogP contribution < -0.4 is 5.73 Å². The fraction of sp³-hybridized carbons (Fsp3) is 0.545. The van der Waals surface area contributed by atoms with Crippen LogP contribution >= 0.6 is 0 Å². The normalized spacial score (nSPS) is 12.5. The van der Waals surface area contributed by atoms with Crippen LogP contribution in [0.25, 0.3) is 11.2 Å². The molecular weight excluding hydrogens is 259 g/mol.